The van der Waals surface area contributed by atoms with Crippen molar-refractivity contribution in [3.63, 3.8) is 0 Å². The minimum absolute atomic E-state index is 0. The van der Waals surface area contributed by atoms with Crippen LogP contribution in [0.5, 0.6) is 0 Å². The van der Waals surface area contributed by atoms with Gasteiger partial charge in [0.25, 0.3) is 0 Å². The molecule has 0 aliphatic rings. The van der Waals surface area contributed by atoms with E-state index in [1.165, 1.54) is 5.56 Å². The van der Waals surface area contributed by atoms with Gasteiger partial charge in [0.1, 0.15) is 0 Å². The predicted octanol–water partition coefficient (Wildman–Crippen LogP) is 3.64. The smallest absolute Gasteiger partial charge is 0.222 e. The van der Waals surface area contributed by atoms with Crippen LogP contribution in [0.1, 0.15) is 32.3 Å². The van der Waals surface area contributed by atoms with Gasteiger partial charge in [0, 0.05) is 30.5 Å². The monoisotopic (exact) mass is 376 g/mol. The number of halogens is 2. The molecule has 0 aromatic heterocycles. The maximum Gasteiger partial charge on any atom is 0.222 e. The van der Waals surface area contributed by atoms with E-state index in [4.69, 9.17) is 5.73 Å². The van der Waals surface area contributed by atoms with E-state index in [1.54, 1.807) is 4.90 Å². The Bertz CT molecular complexity index is 440. The molecule has 1 rings (SSSR count). The summed E-state index contributed by atoms with van der Waals surface area (Å²) in [5.74, 6) is 0.640. The Hall–Kier alpha value is -0.580. The fourth-order valence-electron chi connectivity index (χ4n) is 1.94. The van der Waals surface area contributed by atoms with Gasteiger partial charge in [-0.1, -0.05) is 41.9 Å². The van der Waals surface area contributed by atoms with Crippen LogP contribution in [-0.2, 0) is 11.2 Å². The third-order valence-electron chi connectivity index (χ3n) is 3.60. The van der Waals surface area contributed by atoms with Gasteiger partial charge in [0.15, 0.2) is 0 Å². The van der Waals surface area contributed by atoms with Crippen molar-refractivity contribution in [2.75, 3.05) is 13.6 Å². The Morgan fingerprint density at radius 2 is 2.05 bits per heavy atom. The van der Waals surface area contributed by atoms with Crippen molar-refractivity contribution in [2.45, 2.75) is 39.2 Å². The maximum atomic E-state index is 12.1. The fraction of sp³-hybridized carbons (Fsp3) is 0.562. The molecule has 0 spiro atoms. The van der Waals surface area contributed by atoms with E-state index in [1.807, 2.05) is 25.2 Å². The number of benzene rings is 1. The first-order chi connectivity index (χ1) is 9.40. The number of hydrogen-bond acceptors (Lipinski definition) is 2. The molecule has 21 heavy (non-hydrogen) atoms. The van der Waals surface area contributed by atoms with Crippen LogP contribution in [0.15, 0.2) is 28.7 Å². The van der Waals surface area contributed by atoms with Gasteiger partial charge in [-0.2, -0.15) is 0 Å². The molecule has 1 amide bonds. The first kappa shape index (κ1) is 20.4. The van der Waals surface area contributed by atoms with Crippen molar-refractivity contribution in [1.82, 2.24) is 4.90 Å². The molecule has 0 saturated carbocycles. The highest BCUT2D eigenvalue weighted by Crippen LogP contribution is 2.13. The topological polar surface area (TPSA) is 46.3 Å². The third-order valence-corrected chi connectivity index (χ3v) is 4.09. The van der Waals surface area contributed by atoms with Crippen molar-refractivity contribution in [3.8, 4) is 0 Å². The zero-order chi connectivity index (χ0) is 15.1. The summed E-state index contributed by atoms with van der Waals surface area (Å²) in [7, 11) is 1.86. The molecular weight excluding hydrogens is 352 g/mol. The van der Waals surface area contributed by atoms with Crippen LogP contribution in [0.25, 0.3) is 0 Å². The summed E-state index contributed by atoms with van der Waals surface area (Å²) in [5.41, 5.74) is 7.18. The van der Waals surface area contributed by atoms with Crippen molar-refractivity contribution < 1.29 is 4.79 Å². The number of carbonyl (C=O) groups excluding carboxylic acids is 1. The average molecular weight is 378 g/mol. The predicted molar refractivity (Wildman–Crippen MR) is 94.8 cm³/mol. The lowest BCUT2D eigenvalue weighted by atomic mass is 10.0. The van der Waals surface area contributed by atoms with Gasteiger partial charge in [0.05, 0.1) is 0 Å². The summed E-state index contributed by atoms with van der Waals surface area (Å²) in [6.07, 6.45) is 2.18. The van der Waals surface area contributed by atoms with Gasteiger partial charge in [-0.25, -0.2) is 0 Å². The molecule has 0 saturated heterocycles. The number of nitrogens with zero attached hydrogens (tertiary/aromatic N) is 1. The summed E-state index contributed by atoms with van der Waals surface area (Å²) in [6, 6.07) is 8.25. The molecule has 1 aromatic carbocycles. The van der Waals surface area contributed by atoms with E-state index in [0.29, 0.717) is 12.3 Å². The van der Waals surface area contributed by atoms with Gasteiger partial charge in [-0.15, -0.1) is 12.4 Å². The first-order valence-corrected chi connectivity index (χ1v) is 7.93. The Labute approximate surface area is 142 Å². The van der Waals surface area contributed by atoms with Gasteiger partial charge in [-0.3, -0.25) is 4.79 Å². The molecule has 3 nitrogen and oxygen atoms in total. The fourth-order valence-corrected chi connectivity index (χ4v) is 2.38. The molecule has 0 heterocycles. The van der Waals surface area contributed by atoms with Crippen molar-refractivity contribution in [3.05, 3.63) is 34.3 Å². The highest BCUT2D eigenvalue weighted by molar-refractivity contribution is 9.10. The van der Waals surface area contributed by atoms with E-state index in [0.717, 1.165) is 23.9 Å². The van der Waals surface area contributed by atoms with Gasteiger partial charge in [-0.05, 0) is 36.5 Å². The normalized spacial score (nSPS) is 11.9. The Kier molecular flexibility index (Phi) is 9.92. The van der Waals surface area contributed by atoms with E-state index in [9.17, 15) is 4.79 Å². The molecule has 0 aliphatic carbocycles. The van der Waals surface area contributed by atoms with Gasteiger partial charge in [0.2, 0.25) is 5.91 Å². The van der Waals surface area contributed by atoms with Crippen LogP contribution >= 0.6 is 28.3 Å². The SMILES string of the molecule is CC(C)C(N)CCN(C)C(=O)CCc1cccc(Br)c1.Cl. The van der Waals surface area contributed by atoms with E-state index >= 15 is 0 Å². The summed E-state index contributed by atoms with van der Waals surface area (Å²) in [5, 5.41) is 0. The highest BCUT2D eigenvalue weighted by atomic mass is 79.9. The molecular formula is C16H26BrClN2O. The number of carbonyl (C=O) groups is 1. The number of hydrogen-bond donors (Lipinski definition) is 1. The van der Waals surface area contributed by atoms with Crippen molar-refractivity contribution in [2.24, 2.45) is 11.7 Å². The largest absolute Gasteiger partial charge is 0.346 e. The summed E-state index contributed by atoms with van der Waals surface area (Å²) >= 11 is 3.44. The molecule has 1 aromatic rings. The maximum absolute atomic E-state index is 12.1. The second-order valence-corrected chi connectivity index (χ2v) is 6.56. The molecule has 1 unspecified atom stereocenters. The molecule has 5 heteroatoms. The Morgan fingerprint density at radius 1 is 1.38 bits per heavy atom. The molecule has 1 atom stereocenters. The number of nitrogens with two attached hydrogens (primary N) is 1. The quantitative estimate of drug-likeness (QED) is 0.788. The highest BCUT2D eigenvalue weighted by Gasteiger charge is 2.12. The third kappa shape index (κ3) is 7.84. The Balaban J connectivity index is 0.00000400. The lowest BCUT2D eigenvalue weighted by Crippen LogP contribution is -2.34. The van der Waals surface area contributed by atoms with Crippen LogP contribution in [0, 0.1) is 5.92 Å². The number of aryl methyl sites for hydroxylation is 1. The van der Waals surface area contributed by atoms with Gasteiger partial charge < -0.3 is 10.6 Å². The van der Waals surface area contributed by atoms with Crippen LogP contribution in [0.4, 0.5) is 0 Å². The molecule has 0 bridgehead atoms. The lowest BCUT2D eigenvalue weighted by molar-refractivity contribution is -0.129. The van der Waals surface area contributed by atoms with Gasteiger partial charge >= 0.3 is 0 Å². The minimum Gasteiger partial charge on any atom is -0.346 e. The van der Waals surface area contributed by atoms with Crippen LogP contribution in [-0.4, -0.2) is 30.4 Å². The molecule has 2 N–H and O–H groups in total. The van der Waals surface area contributed by atoms with Crippen molar-refractivity contribution in [1.29, 1.82) is 0 Å². The van der Waals surface area contributed by atoms with Crippen LogP contribution in [0.3, 0.4) is 0 Å². The summed E-state index contributed by atoms with van der Waals surface area (Å²) in [4.78, 5) is 13.8. The standard InChI is InChI=1S/C16H25BrN2O.ClH/c1-12(2)15(18)9-10-19(3)16(20)8-7-13-5-4-6-14(17)11-13;/h4-6,11-12,15H,7-10,18H2,1-3H3;1H. The lowest BCUT2D eigenvalue weighted by Gasteiger charge is -2.21. The Morgan fingerprint density at radius 3 is 2.62 bits per heavy atom. The first-order valence-electron chi connectivity index (χ1n) is 7.14. The number of rotatable bonds is 7. The number of amides is 1. The summed E-state index contributed by atoms with van der Waals surface area (Å²) in [6.45, 7) is 4.95. The van der Waals surface area contributed by atoms with E-state index in [2.05, 4.69) is 35.8 Å². The summed E-state index contributed by atoms with van der Waals surface area (Å²) < 4.78 is 1.05. The molecule has 0 aliphatic heterocycles. The van der Waals surface area contributed by atoms with Crippen LogP contribution in [0.2, 0.25) is 0 Å². The average Bonchev–Trinajstić information content (AvgIpc) is 2.41. The van der Waals surface area contributed by atoms with Crippen molar-refractivity contribution >= 4 is 34.2 Å². The molecule has 0 fully saturated rings. The van der Waals surface area contributed by atoms with E-state index in [-0.39, 0.29) is 24.4 Å². The molecule has 0 radical (unpaired) electrons. The second kappa shape index (κ2) is 10.2. The molecule has 120 valence electrons. The zero-order valence-electron chi connectivity index (χ0n) is 13.0. The zero-order valence-corrected chi connectivity index (χ0v) is 15.4. The second-order valence-electron chi connectivity index (χ2n) is 5.64. The minimum atomic E-state index is 0. The van der Waals surface area contributed by atoms with E-state index < -0.39 is 0 Å². The van der Waals surface area contributed by atoms with Crippen LogP contribution < -0.4 is 5.73 Å².